The van der Waals surface area contributed by atoms with E-state index in [-0.39, 0.29) is 10.3 Å². The number of carboxylic acid groups (broad SMARTS) is 1. The van der Waals surface area contributed by atoms with Gasteiger partial charge in [0.25, 0.3) is 0 Å². The molecule has 3 aromatic rings. The summed E-state index contributed by atoms with van der Waals surface area (Å²) in [4.78, 5) is 16.2. The van der Waals surface area contributed by atoms with E-state index in [9.17, 15) is 9.90 Å². The number of thiazole rings is 1. The lowest BCUT2D eigenvalue weighted by molar-refractivity contribution is 0.0699. The van der Waals surface area contributed by atoms with Crippen LogP contribution in [0.2, 0.25) is 0 Å². The van der Waals surface area contributed by atoms with Gasteiger partial charge in [-0.2, -0.15) is 0 Å². The molecule has 0 aliphatic heterocycles. The third-order valence-electron chi connectivity index (χ3n) is 3.17. The summed E-state index contributed by atoms with van der Waals surface area (Å²) in [5.41, 5.74) is 1.04. The molecule has 0 fully saturated rings. The van der Waals surface area contributed by atoms with Gasteiger partial charge in [-0.15, -0.1) is 11.3 Å². The number of carboxylic acids is 1. The molecule has 4 nitrogen and oxygen atoms in total. The van der Waals surface area contributed by atoms with Gasteiger partial charge in [0.15, 0.2) is 10.8 Å². The molecule has 1 aromatic carbocycles. The predicted molar refractivity (Wildman–Crippen MR) is 83.0 cm³/mol. The highest BCUT2D eigenvalue weighted by molar-refractivity contribution is 7.17. The number of rotatable bonds is 2. The second-order valence-corrected chi connectivity index (χ2v) is 6.90. The Labute approximate surface area is 126 Å². The van der Waals surface area contributed by atoms with Crippen LogP contribution in [0.5, 0.6) is 0 Å². The number of para-hydroxylation sites is 1. The van der Waals surface area contributed by atoms with Crippen LogP contribution in [0.25, 0.3) is 21.7 Å². The fourth-order valence-electron chi connectivity index (χ4n) is 2.17. The van der Waals surface area contributed by atoms with Crippen molar-refractivity contribution in [1.82, 2.24) is 4.98 Å². The Morgan fingerprint density at radius 2 is 2.00 bits per heavy atom. The summed E-state index contributed by atoms with van der Waals surface area (Å²) in [5, 5.41) is 11.0. The maximum Gasteiger partial charge on any atom is 0.347 e. The van der Waals surface area contributed by atoms with Gasteiger partial charge in [-0.05, 0) is 12.1 Å². The minimum atomic E-state index is -0.945. The zero-order chi connectivity index (χ0) is 15.2. The van der Waals surface area contributed by atoms with Crippen LogP contribution in [0.1, 0.15) is 36.1 Å². The fourth-order valence-corrected chi connectivity index (χ4v) is 3.23. The average Bonchev–Trinajstić information content (AvgIpc) is 3.02. The van der Waals surface area contributed by atoms with Crippen molar-refractivity contribution in [2.75, 3.05) is 0 Å². The molecule has 21 heavy (non-hydrogen) atoms. The van der Waals surface area contributed by atoms with E-state index in [2.05, 4.69) is 4.98 Å². The molecule has 0 bridgehead atoms. The van der Waals surface area contributed by atoms with Crippen molar-refractivity contribution in [2.45, 2.75) is 26.2 Å². The van der Waals surface area contributed by atoms with Crippen molar-refractivity contribution < 1.29 is 14.3 Å². The number of aromatic carboxylic acids is 1. The highest BCUT2D eigenvalue weighted by atomic mass is 32.1. The Morgan fingerprint density at radius 3 is 2.57 bits per heavy atom. The number of furan rings is 1. The zero-order valence-electron chi connectivity index (χ0n) is 12.0. The lowest BCUT2D eigenvalue weighted by Gasteiger charge is -2.15. The van der Waals surface area contributed by atoms with E-state index in [4.69, 9.17) is 4.42 Å². The van der Waals surface area contributed by atoms with E-state index < -0.39 is 5.97 Å². The SMILES string of the molecule is CC(C)(C)c1nc(-c2cc3ccccc3o2)sc1C(=O)O. The van der Waals surface area contributed by atoms with Crippen LogP contribution in [0.4, 0.5) is 0 Å². The number of carbonyl (C=O) groups is 1. The van der Waals surface area contributed by atoms with Crippen LogP contribution in [0.15, 0.2) is 34.7 Å². The average molecular weight is 301 g/mol. The van der Waals surface area contributed by atoms with Gasteiger partial charge in [-0.1, -0.05) is 39.0 Å². The molecule has 0 amide bonds. The van der Waals surface area contributed by atoms with Gasteiger partial charge in [0.2, 0.25) is 0 Å². The van der Waals surface area contributed by atoms with Crippen molar-refractivity contribution in [2.24, 2.45) is 0 Å². The van der Waals surface area contributed by atoms with Gasteiger partial charge < -0.3 is 9.52 Å². The van der Waals surface area contributed by atoms with Crippen LogP contribution in [0, 0.1) is 0 Å². The molecule has 0 radical (unpaired) electrons. The first-order valence-electron chi connectivity index (χ1n) is 6.60. The zero-order valence-corrected chi connectivity index (χ0v) is 12.8. The van der Waals surface area contributed by atoms with Gasteiger partial charge in [-0.25, -0.2) is 9.78 Å². The summed E-state index contributed by atoms with van der Waals surface area (Å²) in [7, 11) is 0. The molecule has 3 rings (SSSR count). The van der Waals surface area contributed by atoms with Crippen LogP contribution < -0.4 is 0 Å². The smallest absolute Gasteiger partial charge is 0.347 e. The van der Waals surface area contributed by atoms with Gasteiger partial charge >= 0.3 is 5.97 Å². The van der Waals surface area contributed by atoms with E-state index in [1.165, 1.54) is 0 Å². The Balaban J connectivity index is 2.16. The number of hydrogen-bond donors (Lipinski definition) is 1. The molecule has 108 valence electrons. The molecule has 5 heteroatoms. The first-order valence-corrected chi connectivity index (χ1v) is 7.41. The first-order chi connectivity index (χ1) is 9.86. The number of aromatic nitrogens is 1. The summed E-state index contributed by atoms with van der Waals surface area (Å²) in [6.45, 7) is 5.87. The predicted octanol–water partition coefficient (Wildman–Crippen LogP) is 4.55. The third kappa shape index (κ3) is 2.45. The topological polar surface area (TPSA) is 63.3 Å². The van der Waals surface area contributed by atoms with Gasteiger partial charge in [0.05, 0.1) is 5.69 Å². The van der Waals surface area contributed by atoms with Crippen LogP contribution >= 0.6 is 11.3 Å². The lowest BCUT2D eigenvalue weighted by Crippen LogP contribution is -2.16. The maximum atomic E-state index is 11.4. The summed E-state index contributed by atoms with van der Waals surface area (Å²) in [6.07, 6.45) is 0. The Hall–Kier alpha value is -2.14. The Bertz CT molecular complexity index is 791. The van der Waals surface area contributed by atoms with E-state index in [0.717, 1.165) is 22.3 Å². The number of fused-ring (bicyclic) bond motifs is 1. The van der Waals surface area contributed by atoms with E-state index in [0.29, 0.717) is 16.5 Å². The number of benzene rings is 1. The summed E-state index contributed by atoms with van der Waals surface area (Å²) >= 11 is 1.16. The van der Waals surface area contributed by atoms with Crippen molar-refractivity contribution >= 4 is 28.3 Å². The minimum Gasteiger partial charge on any atom is -0.477 e. The molecule has 2 aromatic heterocycles. The molecule has 0 aliphatic rings. The van der Waals surface area contributed by atoms with E-state index in [1.807, 2.05) is 51.1 Å². The highest BCUT2D eigenvalue weighted by Crippen LogP contribution is 2.36. The van der Waals surface area contributed by atoms with E-state index >= 15 is 0 Å². The normalized spacial score (nSPS) is 12.0. The summed E-state index contributed by atoms with van der Waals surface area (Å²) in [5.74, 6) is -0.334. The minimum absolute atomic E-state index is 0.276. The lowest BCUT2D eigenvalue weighted by atomic mass is 9.91. The molecule has 0 atom stereocenters. The van der Waals surface area contributed by atoms with Crippen molar-refractivity contribution in [3.8, 4) is 10.8 Å². The van der Waals surface area contributed by atoms with Gasteiger partial charge in [0, 0.05) is 10.8 Å². The maximum absolute atomic E-state index is 11.4. The summed E-state index contributed by atoms with van der Waals surface area (Å²) < 4.78 is 5.77. The van der Waals surface area contributed by atoms with Crippen molar-refractivity contribution in [3.63, 3.8) is 0 Å². The molecular weight excluding hydrogens is 286 g/mol. The molecular formula is C16H15NO3S. The Kier molecular flexibility index (Phi) is 3.10. The molecule has 0 saturated carbocycles. The van der Waals surface area contributed by atoms with Crippen molar-refractivity contribution in [3.05, 3.63) is 40.9 Å². The highest BCUT2D eigenvalue weighted by Gasteiger charge is 2.28. The number of nitrogens with zero attached hydrogens (tertiary/aromatic N) is 1. The van der Waals surface area contributed by atoms with Crippen LogP contribution in [-0.2, 0) is 5.41 Å². The van der Waals surface area contributed by atoms with Gasteiger partial charge in [-0.3, -0.25) is 0 Å². The summed E-state index contributed by atoms with van der Waals surface area (Å²) in [6, 6.07) is 9.58. The second kappa shape index (κ2) is 4.70. The molecule has 0 saturated heterocycles. The second-order valence-electron chi connectivity index (χ2n) is 5.90. The van der Waals surface area contributed by atoms with E-state index in [1.54, 1.807) is 0 Å². The van der Waals surface area contributed by atoms with Crippen LogP contribution in [0.3, 0.4) is 0 Å². The number of hydrogen-bond acceptors (Lipinski definition) is 4. The molecule has 0 spiro atoms. The fraction of sp³-hybridized carbons (Fsp3) is 0.250. The third-order valence-corrected chi connectivity index (χ3v) is 4.23. The van der Waals surface area contributed by atoms with Gasteiger partial charge in [0.1, 0.15) is 10.5 Å². The van der Waals surface area contributed by atoms with Crippen molar-refractivity contribution in [1.29, 1.82) is 0 Å². The van der Waals surface area contributed by atoms with Crippen LogP contribution in [-0.4, -0.2) is 16.1 Å². The monoisotopic (exact) mass is 301 g/mol. The Morgan fingerprint density at radius 1 is 1.29 bits per heavy atom. The first kappa shape index (κ1) is 13.8. The standard InChI is InChI=1S/C16H15NO3S/c1-16(2,3)13-12(15(18)19)21-14(17-13)11-8-9-6-4-5-7-10(9)20-11/h4-8H,1-3H3,(H,18,19). The molecule has 2 heterocycles. The quantitative estimate of drug-likeness (QED) is 0.754. The molecule has 0 unspecified atom stereocenters. The molecule has 0 aliphatic carbocycles. The largest absolute Gasteiger partial charge is 0.477 e. The molecule has 1 N–H and O–H groups in total.